The normalized spacial score (nSPS) is 12.7. The molecule has 0 aliphatic rings. The highest BCUT2D eigenvalue weighted by atomic mass is 16.5. The van der Waals surface area contributed by atoms with E-state index >= 15 is 0 Å². The highest BCUT2D eigenvalue weighted by molar-refractivity contribution is 5.13. The highest BCUT2D eigenvalue weighted by Gasteiger charge is 2.08. The predicted octanol–water partition coefficient (Wildman–Crippen LogP) is 1.13. The van der Waals surface area contributed by atoms with Gasteiger partial charge in [0.1, 0.15) is 0 Å². The van der Waals surface area contributed by atoms with Crippen LogP contribution < -0.4 is 5.73 Å². The van der Waals surface area contributed by atoms with Crippen molar-refractivity contribution in [1.29, 1.82) is 0 Å². The molecule has 0 aliphatic heterocycles. The van der Waals surface area contributed by atoms with Crippen molar-refractivity contribution in [3.05, 3.63) is 30.1 Å². The van der Waals surface area contributed by atoms with Crippen molar-refractivity contribution in [1.82, 2.24) is 4.98 Å². The zero-order valence-corrected chi connectivity index (χ0v) is 9.06. The lowest BCUT2D eigenvalue weighted by Gasteiger charge is -2.15. The molecule has 4 nitrogen and oxygen atoms in total. The summed E-state index contributed by atoms with van der Waals surface area (Å²) in [5, 5.41) is 0. The molecule has 0 aliphatic carbocycles. The summed E-state index contributed by atoms with van der Waals surface area (Å²) in [7, 11) is 1.68. The lowest BCUT2D eigenvalue weighted by Crippen LogP contribution is -2.17. The van der Waals surface area contributed by atoms with Gasteiger partial charge in [-0.15, -0.1) is 0 Å². The number of rotatable bonds is 7. The third-order valence-electron chi connectivity index (χ3n) is 2.10. The van der Waals surface area contributed by atoms with E-state index in [1.54, 1.807) is 19.5 Å². The molecule has 2 N–H and O–H groups in total. The Bertz CT molecular complexity index is 254. The van der Waals surface area contributed by atoms with Crippen LogP contribution in [0.25, 0.3) is 0 Å². The van der Waals surface area contributed by atoms with Crippen LogP contribution in [0.5, 0.6) is 0 Å². The lowest BCUT2D eigenvalue weighted by molar-refractivity contribution is 0.0438. The second kappa shape index (κ2) is 7.34. The molecule has 0 spiro atoms. The number of nitrogens with zero attached hydrogens (tertiary/aromatic N) is 1. The van der Waals surface area contributed by atoms with Gasteiger partial charge in [-0.1, -0.05) is 0 Å². The number of nitrogens with two attached hydrogens (primary N) is 1. The molecule has 4 heteroatoms. The molecule has 0 aromatic carbocycles. The molecule has 1 rings (SSSR count). The molecule has 0 bridgehead atoms. The fourth-order valence-corrected chi connectivity index (χ4v) is 1.31. The van der Waals surface area contributed by atoms with Crippen LogP contribution in [0.1, 0.15) is 18.1 Å². The minimum Gasteiger partial charge on any atom is -0.385 e. The van der Waals surface area contributed by atoms with Gasteiger partial charge in [-0.05, 0) is 24.1 Å². The third-order valence-corrected chi connectivity index (χ3v) is 2.10. The van der Waals surface area contributed by atoms with E-state index in [-0.39, 0.29) is 6.10 Å². The summed E-state index contributed by atoms with van der Waals surface area (Å²) in [4.78, 5) is 3.96. The van der Waals surface area contributed by atoms with E-state index in [0.29, 0.717) is 19.8 Å². The van der Waals surface area contributed by atoms with Gasteiger partial charge in [-0.25, -0.2) is 0 Å². The van der Waals surface area contributed by atoms with Crippen LogP contribution in [0.4, 0.5) is 0 Å². The Labute approximate surface area is 90.4 Å². The Morgan fingerprint density at radius 1 is 1.33 bits per heavy atom. The van der Waals surface area contributed by atoms with Crippen molar-refractivity contribution in [3.63, 3.8) is 0 Å². The van der Waals surface area contributed by atoms with E-state index in [1.165, 1.54) is 0 Å². The van der Waals surface area contributed by atoms with E-state index in [2.05, 4.69) is 4.98 Å². The fourth-order valence-electron chi connectivity index (χ4n) is 1.31. The van der Waals surface area contributed by atoms with Gasteiger partial charge in [0.05, 0.1) is 6.10 Å². The van der Waals surface area contributed by atoms with E-state index < -0.39 is 0 Å². The average Bonchev–Trinajstić information content (AvgIpc) is 2.30. The van der Waals surface area contributed by atoms with Crippen LogP contribution >= 0.6 is 0 Å². The van der Waals surface area contributed by atoms with Gasteiger partial charge in [0, 0.05) is 39.3 Å². The second-order valence-electron chi connectivity index (χ2n) is 3.22. The first-order valence-electron chi connectivity index (χ1n) is 5.09. The molecule has 1 heterocycles. The zero-order chi connectivity index (χ0) is 10.9. The summed E-state index contributed by atoms with van der Waals surface area (Å²) in [6, 6.07) is 3.85. The molecule has 1 aromatic rings. The zero-order valence-electron chi connectivity index (χ0n) is 9.06. The molecule has 1 aromatic heterocycles. The number of pyridine rings is 1. The molecule has 1 unspecified atom stereocenters. The maximum Gasteiger partial charge on any atom is 0.0948 e. The molecule has 1 atom stereocenters. The summed E-state index contributed by atoms with van der Waals surface area (Å²) < 4.78 is 10.6. The Morgan fingerprint density at radius 2 is 2.07 bits per heavy atom. The maximum atomic E-state index is 5.65. The van der Waals surface area contributed by atoms with Gasteiger partial charge in [0.15, 0.2) is 0 Å². The largest absolute Gasteiger partial charge is 0.385 e. The Kier molecular flexibility index (Phi) is 5.92. The van der Waals surface area contributed by atoms with Crippen LogP contribution in [0.3, 0.4) is 0 Å². The molecule has 0 amide bonds. The van der Waals surface area contributed by atoms with Crippen molar-refractivity contribution in [3.8, 4) is 0 Å². The van der Waals surface area contributed by atoms with Crippen LogP contribution in [-0.2, 0) is 9.47 Å². The minimum absolute atomic E-state index is 0.0372. The topological polar surface area (TPSA) is 57.4 Å². The van der Waals surface area contributed by atoms with Crippen LogP contribution in [0.2, 0.25) is 0 Å². The first-order valence-corrected chi connectivity index (χ1v) is 5.09. The maximum absolute atomic E-state index is 5.65. The van der Waals surface area contributed by atoms with E-state index in [4.69, 9.17) is 15.2 Å². The summed E-state index contributed by atoms with van der Waals surface area (Å²) >= 11 is 0. The summed E-state index contributed by atoms with van der Waals surface area (Å²) in [6.07, 6.45) is 4.34. The third kappa shape index (κ3) is 4.38. The monoisotopic (exact) mass is 210 g/mol. The number of ether oxygens (including phenoxy) is 2. The van der Waals surface area contributed by atoms with Crippen molar-refractivity contribution in [2.24, 2.45) is 5.73 Å². The van der Waals surface area contributed by atoms with E-state index in [1.807, 2.05) is 12.1 Å². The van der Waals surface area contributed by atoms with Crippen molar-refractivity contribution >= 4 is 0 Å². The van der Waals surface area contributed by atoms with Crippen LogP contribution in [0, 0.1) is 0 Å². The van der Waals surface area contributed by atoms with Gasteiger partial charge in [0.2, 0.25) is 0 Å². The molecule has 0 saturated heterocycles. The standard InChI is InChI=1S/C11H18N2O2/c1-14-7-2-8-15-11(9-12)10-3-5-13-6-4-10/h3-6,11H,2,7-9,12H2,1H3. The number of methoxy groups -OCH3 is 1. The van der Waals surface area contributed by atoms with E-state index in [0.717, 1.165) is 12.0 Å². The Hall–Kier alpha value is -0.970. The van der Waals surface area contributed by atoms with Crippen LogP contribution in [-0.4, -0.2) is 31.9 Å². The predicted molar refractivity (Wildman–Crippen MR) is 58.5 cm³/mol. The smallest absolute Gasteiger partial charge is 0.0948 e. The average molecular weight is 210 g/mol. The molecular weight excluding hydrogens is 192 g/mol. The quantitative estimate of drug-likeness (QED) is 0.685. The van der Waals surface area contributed by atoms with Gasteiger partial charge in [-0.2, -0.15) is 0 Å². The lowest BCUT2D eigenvalue weighted by atomic mass is 10.1. The fraction of sp³-hybridized carbons (Fsp3) is 0.545. The van der Waals surface area contributed by atoms with Crippen molar-refractivity contribution < 1.29 is 9.47 Å². The van der Waals surface area contributed by atoms with Crippen LogP contribution in [0.15, 0.2) is 24.5 Å². The minimum atomic E-state index is -0.0372. The molecule has 0 radical (unpaired) electrons. The second-order valence-corrected chi connectivity index (χ2v) is 3.22. The molecule has 15 heavy (non-hydrogen) atoms. The number of hydrogen-bond donors (Lipinski definition) is 1. The molecule has 0 saturated carbocycles. The first-order chi connectivity index (χ1) is 7.38. The van der Waals surface area contributed by atoms with Crippen molar-refractivity contribution in [2.75, 3.05) is 26.9 Å². The summed E-state index contributed by atoms with van der Waals surface area (Å²) in [5.74, 6) is 0. The Morgan fingerprint density at radius 3 is 2.67 bits per heavy atom. The first kappa shape index (κ1) is 12.1. The van der Waals surface area contributed by atoms with Gasteiger partial charge < -0.3 is 15.2 Å². The molecule has 84 valence electrons. The molecular formula is C11H18N2O2. The van der Waals surface area contributed by atoms with Crippen molar-refractivity contribution in [2.45, 2.75) is 12.5 Å². The summed E-state index contributed by atoms with van der Waals surface area (Å²) in [6.45, 7) is 1.86. The van der Waals surface area contributed by atoms with Gasteiger partial charge in [0.25, 0.3) is 0 Å². The summed E-state index contributed by atoms with van der Waals surface area (Å²) in [5.41, 5.74) is 6.72. The molecule has 0 fully saturated rings. The highest BCUT2D eigenvalue weighted by Crippen LogP contribution is 2.14. The SMILES string of the molecule is COCCCOC(CN)c1ccncc1. The van der Waals surface area contributed by atoms with Gasteiger partial charge >= 0.3 is 0 Å². The van der Waals surface area contributed by atoms with Gasteiger partial charge in [-0.3, -0.25) is 4.98 Å². The number of hydrogen-bond acceptors (Lipinski definition) is 4. The van der Waals surface area contributed by atoms with E-state index in [9.17, 15) is 0 Å². The Balaban J connectivity index is 2.36. The number of aromatic nitrogens is 1.